The molecule has 1 aliphatic carbocycles. The predicted octanol–water partition coefficient (Wildman–Crippen LogP) is 6.82. The molecule has 1 aliphatic rings. The van der Waals surface area contributed by atoms with Crippen molar-refractivity contribution in [1.82, 2.24) is 0 Å². The van der Waals surface area contributed by atoms with Crippen LogP contribution in [0.1, 0.15) is 87.0 Å². The van der Waals surface area contributed by atoms with Crippen LogP contribution in [0.25, 0.3) is 5.57 Å². The van der Waals surface area contributed by atoms with Crippen LogP contribution in [0.4, 0.5) is 0 Å². The summed E-state index contributed by atoms with van der Waals surface area (Å²) in [5.74, 6) is -0.492. The quantitative estimate of drug-likeness (QED) is 0.635. The predicted molar refractivity (Wildman–Crippen MR) is 117 cm³/mol. The molecule has 0 heterocycles. The molecule has 0 aliphatic heterocycles. The Morgan fingerprint density at radius 3 is 1.89 bits per heavy atom. The van der Waals surface area contributed by atoms with Gasteiger partial charge in [-0.15, -0.1) is 0 Å². The third-order valence-electron chi connectivity index (χ3n) is 6.11. The molecule has 1 N–H and O–H groups in total. The molecule has 3 rings (SSSR count). The zero-order valence-corrected chi connectivity index (χ0v) is 18.0. The van der Waals surface area contributed by atoms with Crippen molar-refractivity contribution in [3.05, 3.63) is 76.4 Å². The Balaban J connectivity index is 2.14. The molecule has 2 heteroatoms. The number of carboxylic acids is 1. The lowest BCUT2D eigenvalue weighted by atomic mass is 9.63. The fourth-order valence-electron chi connectivity index (χ4n) is 4.24. The molecule has 0 radical (unpaired) electrons. The van der Waals surface area contributed by atoms with Crippen LogP contribution in [0.3, 0.4) is 0 Å². The maximum absolute atomic E-state index is 11.2. The van der Waals surface area contributed by atoms with Gasteiger partial charge in [-0.1, -0.05) is 78.0 Å². The fraction of sp³-hybridized carbons (Fsp3) is 0.423. The van der Waals surface area contributed by atoms with Crippen LogP contribution < -0.4 is 0 Å². The van der Waals surface area contributed by atoms with E-state index >= 15 is 0 Å². The minimum atomic E-state index is -0.890. The molecule has 0 saturated carbocycles. The van der Waals surface area contributed by atoms with E-state index in [0.29, 0.717) is 11.5 Å². The SMILES string of the molecule is CC(C)/C=C(\c1ccc(C(=O)O)cc1)c1ccc2c(c1)C(C)(C)CCC2(C)C. The van der Waals surface area contributed by atoms with Gasteiger partial charge in [-0.3, -0.25) is 0 Å². The molecule has 2 nitrogen and oxygen atoms in total. The molecule has 0 aromatic heterocycles. The van der Waals surface area contributed by atoms with Crippen LogP contribution in [0, 0.1) is 5.92 Å². The summed E-state index contributed by atoms with van der Waals surface area (Å²) < 4.78 is 0. The average molecular weight is 377 g/mol. The second-order valence-electron chi connectivity index (χ2n) is 9.73. The van der Waals surface area contributed by atoms with E-state index in [9.17, 15) is 9.90 Å². The number of rotatable bonds is 4. The fourth-order valence-corrected chi connectivity index (χ4v) is 4.24. The minimum Gasteiger partial charge on any atom is -0.478 e. The molecule has 0 unspecified atom stereocenters. The van der Waals surface area contributed by atoms with Crippen molar-refractivity contribution < 1.29 is 9.90 Å². The number of carboxylic acid groups (broad SMARTS) is 1. The van der Waals surface area contributed by atoms with Crippen molar-refractivity contribution in [1.29, 1.82) is 0 Å². The van der Waals surface area contributed by atoms with Crippen molar-refractivity contribution in [2.24, 2.45) is 5.92 Å². The Morgan fingerprint density at radius 2 is 1.36 bits per heavy atom. The number of benzene rings is 2. The number of hydrogen-bond donors (Lipinski definition) is 1. The van der Waals surface area contributed by atoms with Crippen LogP contribution in [0.2, 0.25) is 0 Å². The van der Waals surface area contributed by atoms with E-state index in [0.717, 1.165) is 5.56 Å². The lowest BCUT2D eigenvalue weighted by Gasteiger charge is -2.42. The smallest absolute Gasteiger partial charge is 0.335 e. The van der Waals surface area contributed by atoms with E-state index in [2.05, 4.69) is 65.8 Å². The second kappa shape index (κ2) is 7.24. The van der Waals surface area contributed by atoms with Crippen LogP contribution in [-0.4, -0.2) is 11.1 Å². The first-order valence-electron chi connectivity index (χ1n) is 10.2. The van der Waals surface area contributed by atoms with Gasteiger partial charge in [0, 0.05) is 0 Å². The van der Waals surface area contributed by atoms with Gasteiger partial charge in [-0.25, -0.2) is 4.79 Å². The standard InChI is InChI=1S/C26H32O2/c1-17(2)15-21(18-7-9-19(10-8-18)24(27)28)20-11-12-22-23(16-20)26(5,6)14-13-25(22,3)4/h7-12,15-17H,13-14H2,1-6H3,(H,27,28)/b21-15+. The normalized spacial score (nSPS) is 18.0. The maximum atomic E-state index is 11.2. The highest BCUT2D eigenvalue weighted by atomic mass is 16.4. The molecule has 148 valence electrons. The summed E-state index contributed by atoms with van der Waals surface area (Å²) in [5, 5.41) is 9.20. The summed E-state index contributed by atoms with van der Waals surface area (Å²) in [4.78, 5) is 11.2. The third-order valence-corrected chi connectivity index (χ3v) is 6.11. The number of hydrogen-bond acceptors (Lipinski definition) is 1. The molecule has 0 atom stereocenters. The van der Waals surface area contributed by atoms with Crippen molar-refractivity contribution in [3.63, 3.8) is 0 Å². The Hall–Kier alpha value is -2.35. The van der Waals surface area contributed by atoms with Crippen LogP contribution in [0.15, 0.2) is 48.5 Å². The summed E-state index contributed by atoms with van der Waals surface area (Å²) in [6.07, 6.45) is 4.67. The first-order chi connectivity index (χ1) is 13.0. The topological polar surface area (TPSA) is 37.3 Å². The first kappa shape index (κ1) is 20.4. The molecular weight excluding hydrogens is 344 g/mol. The van der Waals surface area contributed by atoms with E-state index in [1.54, 1.807) is 12.1 Å². The summed E-state index contributed by atoms with van der Waals surface area (Å²) >= 11 is 0. The molecule has 0 spiro atoms. The molecular formula is C26H32O2. The summed E-state index contributed by atoms with van der Waals surface area (Å²) in [6, 6.07) is 14.1. The van der Waals surface area contributed by atoms with Crippen molar-refractivity contribution in [3.8, 4) is 0 Å². The number of fused-ring (bicyclic) bond motifs is 1. The van der Waals surface area contributed by atoms with Gasteiger partial charge in [0.15, 0.2) is 0 Å². The molecule has 0 bridgehead atoms. The Bertz CT molecular complexity index is 912. The van der Waals surface area contributed by atoms with Gasteiger partial charge in [0.25, 0.3) is 0 Å². The summed E-state index contributed by atoms with van der Waals surface area (Å²) in [5.41, 5.74) is 7.03. The van der Waals surface area contributed by atoms with E-state index in [1.807, 2.05) is 12.1 Å². The summed E-state index contributed by atoms with van der Waals surface area (Å²) in [7, 11) is 0. The van der Waals surface area contributed by atoms with Gasteiger partial charge in [0.1, 0.15) is 0 Å². The highest BCUT2D eigenvalue weighted by Crippen LogP contribution is 2.46. The maximum Gasteiger partial charge on any atom is 0.335 e. The number of aromatic carboxylic acids is 1. The van der Waals surface area contributed by atoms with Crippen molar-refractivity contribution >= 4 is 11.5 Å². The van der Waals surface area contributed by atoms with Gasteiger partial charge in [0.2, 0.25) is 0 Å². The highest BCUT2D eigenvalue weighted by Gasteiger charge is 2.37. The average Bonchev–Trinajstić information content (AvgIpc) is 2.63. The first-order valence-corrected chi connectivity index (χ1v) is 10.2. The van der Waals surface area contributed by atoms with E-state index in [-0.39, 0.29) is 10.8 Å². The van der Waals surface area contributed by atoms with E-state index < -0.39 is 5.97 Å². The van der Waals surface area contributed by atoms with Crippen LogP contribution >= 0.6 is 0 Å². The number of allylic oxidation sites excluding steroid dienone is 1. The summed E-state index contributed by atoms with van der Waals surface area (Å²) in [6.45, 7) is 13.7. The number of carbonyl (C=O) groups is 1. The molecule has 2 aromatic rings. The van der Waals surface area contributed by atoms with Gasteiger partial charge < -0.3 is 5.11 Å². The van der Waals surface area contributed by atoms with Crippen LogP contribution in [0.5, 0.6) is 0 Å². The van der Waals surface area contributed by atoms with Crippen molar-refractivity contribution in [2.75, 3.05) is 0 Å². The molecule has 0 saturated heterocycles. The molecule has 2 aromatic carbocycles. The third kappa shape index (κ3) is 3.92. The zero-order chi connectivity index (χ0) is 20.7. The largest absolute Gasteiger partial charge is 0.478 e. The van der Waals surface area contributed by atoms with Crippen molar-refractivity contribution in [2.45, 2.75) is 65.2 Å². The molecule has 0 amide bonds. The van der Waals surface area contributed by atoms with Gasteiger partial charge in [0.05, 0.1) is 5.56 Å². The van der Waals surface area contributed by atoms with E-state index in [4.69, 9.17) is 0 Å². The van der Waals surface area contributed by atoms with E-state index in [1.165, 1.54) is 35.1 Å². The van der Waals surface area contributed by atoms with Gasteiger partial charge in [-0.05, 0) is 69.5 Å². The highest BCUT2D eigenvalue weighted by molar-refractivity contribution is 5.89. The Labute approximate surface area is 169 Å². The lowest BCUT2D eigenvalue weighted by Crippen LogP contribution is -2.33. The Kier molecular flexibility index (Phi) is 5.27. The zero-order valence-electron chi connectivity index (χ0n) is 18.0. The monoisotopic (exact) mass is 376 g/mol. The Morgan fingerprint density at radius 1 is 0.857 bits per heavy atom. The second-order valence-corrected chi connectivity index (χ2v) is 9.73. The molecule has 28 heavy (non-hydrogen) atoms. The van der Waals surface area contributed by atoms with Gasteiger partial charge in [-0.2, -0.15) is 0 Å². The molecule has 0 fully saturated rings. The lowest BCUT2D eigenvalue weighted by molar-refractivity contribution is 0.0697. The minimum absolute atomic E-state index is 0.164. The van der Waals surface area contributed by atoms with Gasteiger partial charge >= 0.3 is 5.97 Å². The van der Waals surface area contributed by atoms with Crippen LogP contribution in [-0.2, 0) is 10.8 Å².